The van der Waals surface area contributed by atoms with E-state index in [-0.39, 0.29) is 0 Å². The summed E-state index contributed by atoms with van der Waals surface area (Å²) < 4.78 is 2.48. The van der Waals surface area contributed by atoms with Gasteiger partial charge in [-0.05, 0) is 44.1 Å². The average Bonchev–Trinajstić information content (AvgIpc) is 2.96. The third-order valence-corrected chi connectivity index (χ3v) is 4.75. The summed E-state index contributed by atoms with van der Waals surface area (Å²) in [7, 11) is 0. The van der Waals surface area contributed by atoms with Crippen LogP contribution in [0.3, 0.4) is 0 Å². The van der Waals surface area contributed by atoms with Crippen molar-refractivity contribution >= 4 is 0 Å². The molecule has 2 aliphatic rings. The molecule has 1 saturated heterocycles. The van der Waals surface area contributed by atoms with Crippen LogP contribution in [0.5, 0.6) is 0 Å². The molecule has 3 heterocycles. The molecule has 4 heteroatoms. The first-order valence-electron chi connectivity index (χ1n) is 7.84. The van der Waals surface area contributed by atoms with E-state index >= 15 is 0 Å². The van der Waals surface area contributed by atoms with Gasteiger partial charge in [-0.25, -0.2) is 0 Å². The minimum Gasteiger partial charge on any atom is -0.310 e. The molecule has 0 aromatic carbocycles. The van der Waals surface area contributed by atoms with E-state index in [9.17, 15) is 0 Å². The van der Waals surface area contributed by atoms with Gasteiger partial charge in [0.05, 0.1) is 6.04 Å². The van der Waals surface area contributed by atoms with Crippen LogP contribution in [0.2, 0.25) is 0 Å². The molecule has 0 saturated carbocycles. The van der Waals surface area contributed by atoms with Gasteiger partial charge in [-0.15, -0.1) is 10.2 Å². The molecule has 1 fully saturated rings. The number of aromatic nitrogens is 3. The molecule has 2 aliphatic heterocycles. The van der Waals surface area contributed by atoms with Gasteiger partial charge in [-0.2, -0.15) is 0 Å². The Balaban J connectivity index is 1.99. The van der Waals surface area contributed by atoms with E-state index in [2.05, 4.69) is 40.9 Å². The highest BCUT2D eigenvalue weighted by molar-refractivity contribution is 5.07. The van der Waals surface area contributed by atoms with Crippen LogP contribution in [0.4, 0.5) is 0 Å². The van der Waals surface area contributed by atoms with Crippen molar-refractivity contribution in [1.82, 2.24) is 20.1 Å². The Hall–Kier alpha value is -0.900. The second-order valence-corrected chi connectivity index (χ2v) is 6.69. The van der Waals surface area contributed by atoms with Gasteiger partial charge in [0.25, 0.3) is 0 Å². The lowest BCUT2D eigenvalue weighted by Crippen LogP contribution is -2.23. The van der Waals surface area contributed by atoms with Crippen molar-refractivity contribution < 1.29 is 0 Å². The third-order valence-electron chi connectivity index (χ3n) is 4.75. The zero-order valence-corrected chi connectivity index (χ0v) is 12.4. The molecule has 0 bridgehead atoms. The molecule has 1 N–H and O–H groups in total. The maximum Gasteiger partial charge on any atom is 0.150 e. The largest absolute Gasteiger partial charge is 0.310 e. The lowest BCUT2D eigenvalue weighted by Gasteiger charge is -2.25. The van der Waals surface area contributed by atoms with Gasteiger partial charge in [0.15, 0.2) is 0 Å². The monoisotopic (exact) mass is 262 g/mol. The zero-order chi connectivity index (χ0) is 13.4. The Morgan fingerprint density at radius 1 is 1.21 bits per heavy atom. The maximum atomic E-state index is 4.54. The third kappa shape index (κ3) is 2.42. The summed E-state index contributed by atoms with van der Waals surface area (Å²) in [6, 6.07) is 1.00. The minimum atomic E-state index is 0.427. The van der Waals surface area contributed by atoms with Crippen LogP contribution >= 0.6 is 0 Å². The Morgan fingerprint density at radius 3 is 2.74 bits per heavy atom. The molecule has 1 aromatic rings. The molecular weight excluding hydrogens is 236 g/mol. The van der Waals surface area contributed by atoms with E-state index < -0.39 is 0 Å². The summed E-state index contributed by atoms with van der Waals surface area (Å²) in [6.07, 6.45) is 6.13. The first-order valence-corrected chi connectivity index (χ1v) is 7.84. The minimum absolute atomic E-state index is 0.427. The smallest absolute Gasteiger partial charge is 0.150 e. The molecule has 0 amide bonds. The van der Waals surface area contributed by atoms with Crippen molar-refractivity contribution in [2.75, 3.05) is 6.54 Å². The maximum absolute atomic E-state index is 4.54. The number of fused-ring (bicyclic) bond motifs is 1. The summed E-state index contributed by atoms with van der Waals surface area (Å²) in [5, 5.41) is 12.6. The molecule has 3 atom stereocenters. The van der Waals surface area contributed by atoms with Gasteiger partial charge in [0.2, 0.25) is 0 Å². The van der Waals surface area contributed by atoms with Crippen LogP contribution in [-0.4, -0.2) is 21.3 Å². The number of nitrogens with one attached hydrogen (secondary N) is 1. The van der Waals surface area contributed by atoms with Gasteiger partial charge >= 0.3 is 0 Å². The van der Waals surface area contributed by atoms with Crippen molar-refractivity contribution in [3.05, 3.63) is 11.6 Å². The highest BCUT2D eigenvalue weighted by Crippen LogP contribution is 2.35. The summed E-state index contributed by atoms with van der Waals surface area (Å²) in [5.41, 5.74) is 0. The highest BCUT2D eigenvalue weighted by Gasteiger charge is 2.31. The number of hydrogen-bond donors (Lipinski definition) is 1. The van der Waals surface area contributed by atoms with Crippen LogP contribution < -0.4 is 5.32 Å². The highest BCUT2D eigenvalue weighted by atomic mass is 15.3. The molecule has 0 unspecified atom stereocenters. The van der Waals surface area contributed by atoms with E-state index in [4.69, 9.17) is 0 Å². The zero-order valence-electron chi connectivity index (χ0n) is 12.4. The Morgan fingerprint density at radius 2 is 2.05 bits per heavy atom. The van der Waals surface area contributed by atoms with Crippen LogP contribution in [-0.2, 0) is 6.42 Å². The van der Waals surface area contributed by atoms with Crippen molar-refractivity contribution in [3.8, 4) is 0 Å². The summed E-state index contributed by atoms with van der Waals surface area (Å²) in [4.78, 5) is 0. The van der Waals surface area contributed by atoms with E-state index in [1.807, 2.05) is 0 Å². The molecule has 1 aromatic heterocycles. The summed E-state index contributed by atoms with van der Waals surface area (Å²) in [5.74, 6) is 3.80. The van der Waals surface area contributed by atoms with E-state index in [1.54, 1.807) is 0 Å². The second kappa shape index (κ2) is 5.23. The summed E-state index contributed by atoms with van der Waals surface area (Å²) >= 11 is 0. The number of nitrogens with zero attached hydrogens (tertiary/aromatic N) is 3. The Kier molecular flexibility index (Phi) is 3.61. The van der Waals surface area contributed by atoms with Crippen LogP contribution in [0, 0.1) is 11.8 Å². The summed E-state index contributed by atoms with van der Waals surface area (Å²) in [6.45, 7) is 8.12. The van der Waals surface area contributed by atoms with Crippen LogP contribution in [0.25, 0.3) is 0 Å². The molecular formula is C15H26N4. The predicted molar refractivity (Wildman–Crippen MR) is 76.0 cm³/mol. The number of hydrogen-bond acceptors (Lipinski definition) is 3. The first kappa shape index (κ1) is 13.1. The lowest BCUT2D eigenvalue weighted by molar-refractivity contribution is 0.327. The Labute approximate surface area is 116 Å². The fraction of sp³-hybridized carbons (Fsp3) is 0.867. The van der Waals surface area contributed by atoms with Crippen molar-refractivity contribution in [2.45, 2.75) is 65.0 Å². The van der Waals surface area contributed by atoms with Crippen molar-refractivity contribution in [2.24, 2.45) is 11.8 Å². The van der Waals surface area contributed by atoms with Crippen molar-refractivity contribution in [1.29, 1.82) is 0 Å². The van der Waals surface area contributed by atoms with E-state index in [0.29, 0.717) is 18.0 Å². The van der Waals surface area contributed by atoms with Crippen molar-refractivity contribution in [3.63, 3.8) is 0 Å². The Bertz CT molecular complexity index is 431. The number of rotatable bonds is 2. The standard InChI is InChI=1S/C15H26N4/c1-10(2)13-7-6-11(3)9-14-17-18-15(19(13)14)12-5-4-8-16-12/h10-13,16H,4-9H2,1-3H3/t11-,12+,13+/m1/s1. The molecule has 4 nitrogen and oxygen atoms in total. The molecule has 19 heavy (non-hydrogen) atoms. The van der Waals surface area contributed by atoms with Crippen LogP contribution in [0.15, 0.2) is 0 Å². The second-order valence-electron chi connectivity index (χ2n) is 6.69. The predicted octanol–water partition coefficient (Wildman–Crippen LogP) is 2.87. The molecule has 106 valence electrons. The van der Waals surface area contributed by atoms with Gasteiger partial charge in [0.1, 0.15) is 11.6 Å². The first-order chi connectivity index (χ1) is 9.16. The van der Waals surface area contributed by atoms with E-state index in [0.717, 1.165) is 18.9 Å². The SMILES string of the molecule is CC(C)[C@@H]1CC[C@@H](C)Cc2nnc([C@@H]3CCCN3)n21. The fourth-order valence-electron chi connectivity index (χ4n) is 3.61. The molecule has 0 aliphatic carbocycles. The van der Waals surface area contributed by atoms with Gasteiger partial charge < -0.3 is 9.88 Å². The average molecular weight is 262 g/mol. The van der Waals surface area contributed by atoms with Gasteiger partial charge in [-0.1, -0.05) is 20.8 Å². The molecule has 0 spiro atoms. The fourth-order valence-corrected chi connectivity index (χ4v) is 3.61. The van der Waals surface area contributed by atoms with Gasteiger partial charge in [-0.3, -0.25) is 0 Å². The normalized spacial score (nSPS) is 31.5. The topological polar surface area (TPSA) is 42.7 Å². The lowest BCUT2D eigenvalue weighted by atomic mass is 9.95. The quantitative estimate of drug-likeness (QED) is 0.891. The van der Waals surface area contributed by atoms with Crippen LogP contribution in [0.1, 0.15) is 70.2 Å². The molecule has 3 rings (SSSR count). The van der Waals surface area contributed by atoms with E-state index in [1.165, 1.54) is 37.3 Å². The van der Waals surface area contributed by atoms with Gasteiger partial charge in [0, 0.05) is 12.5 Å². The molecule has 0 radical (unpaired) electrons.